The van der Waals surface area contributed by atoms with Crippen LogP contribution >= 0.6 is 0 Å². The van der Waals surface area contributed by atoms with E-state index in [4.69, 9.17) is 0 Å². The van der Waals surface area contributed by atoms with Crippen LogP contribution in [0.1, 0.15) is 5.56 Å². The van der Waals surface area contributed by atoms with E-state index in [0.717, 1.165) is 18.5 Å². The molecule has 0 saturated heterocycles. The summed E-state index contributed by atoms with van der Waals surface area (Å²) in [4.78, 5) is 29.2. The summed E-state index contributed by atoms with van der Waals surface area (Å²) in [5.74, 6) is 0. The molecule has 0 radical (unpaired) electrons. The molecule has 4 rings (SSSR count). The number of aliphatic hydroxyl groups excluding tert-OH is 1. The Hall–Kier alpha value is -3.87. The van der Waals surface area contributed by atoms with Crippen molar-refractivity contribution in [2.24, 2.45) is 0 Å². The third-order valence-corrected chi connectivity index (χ3v) is 4.85. The van der Waals surface area contributed by atoms with E-state index in [1.165, 1.54) is 18.5 Å². The molecule has 0 aliphatic carbocycles. The van der Waals surface area contributed by atoms with Crippen LogP contribution in [-0.2, 0) is 12.7 Å². The molecule has 7 nitrogen and oxygen atoms in total. The lowest BCUT2D eigenvalue weighted by Crippen LogP contribution is -2.36. The van der Waals surface area contributed by atoms with Crippen molar-refractivity contribution in [3.05, 3.63) is 71.2 Å². The zero-order chi connectivity index (χ0) is 24.7. The van der Waals surface area contributed by atoms with Gasteiger partial charge in [-0.2, -0.15) is 26.3 Å². The third-order valence-electron chi connectivity index (χ3n) is 4.85. The van der Waals surface area contributed by atoms with Crippen LogP contribution in [-0.4, -0.2) is 41.9 Å². The molecule has 0 amide bonds. The molecule has 34 heavy (non-hydrogen) atoms. The Kier molecular flexibility index (Phi) is 5.81. The molecule has 0 bridgehead atoms. The van der Waals surface area contributed by atoms with Gasteiger partial charge in [-0.15, -0.1) is 0 Å². The zero-order valence-electron chi connectivity index (χ0n) is 16.8. The Balaban J connectivity index is 1.91. The number of rotatable bonds is 4. The number of aromatic nitrogens is 5. The number of halogens is 6. The first-order valence-electron chi connectivity index (χ1n) is 9.54. The summed E-state index contributed by atoms with van der Waals surface area (Å²) in [7, 11) is 0. The first kappa shape index (κ1) is 23.3. The van der Waals surface area contributed by atoms with E-state index in [9.17, 15) is 36.2 Å². The molecule has 4 heterocycles. The lowest BCUT2D eigenvalue weighted by Gasteiger charge is -2.16. The fraction of sp³-hybridized carbons (Fsp3) is 0.190. The largest absolute Gasteiger partial charge is 0.417 e. The second-order valence-electron chi connectivity index (χ2n) is 7.18. The molecule has 176 valence electrons. The molecule has 0 spiro atoms. The van der Waals surface area contributed by atoms with Crippen molar-refractivity contribution in [1.29, 1.82) is 0 Å². The van der Waals surface area contributed by atoms with Gasteiger partial charge in [0.2, 0.25) is 0 Å². The summed E-state index contributed by atoms with van der Waals surface area (Å²) in [6, 6.07) is 6.20. The van der Waals surface area contributed by atoms with Gasteiger partial charge in [-0.25, -0.2) is 9.97 Å². The van der Waals surface area contributed by atoms with Crippen molar-refractivity contribution >= 4 is 10.9 Å². The summed E-state index contributed by atoms with van der Waals surface area (Å²) in [5.41, 5.74) is -1.35. The normalized spacial score (nSPS) is 13.3. The highest BCUT2D eigenvalue weighted by Crippen LogP contribution is 2.31. The summed E-state index contributed by atoms with van der Waals surface area (Å²) in [5, 5.41) is 9.19. The van der Waals surface area contributed by atoms with Gasteiger partial charge >= 0.3 is 12.4 Å². The monoisotopic (exact) mass is 481 g/mol. The van der Waals surface area contributed by atoms with Gasteiger partial charge in [-0.3, -0.25) is 19.3 Å². The molecule has 1 N–H and O–H groups in total. The summed E-state index contributed by atoms with van der Waals surface area (Å²) >= 11 is 0. The topological polar surface area (TPSA) is 93.8 Å². The van der Waals surface area contributed by atoms with E-state index < -0.39 is 36.1 Å². The number of fused-ring (bicyclic) bond motifs is 1. The van der Waals surface area contributed by atoms with Gasteiger partial charge in [-0.1, -0.05) is 0 Å². The molecule has 4 aromatic rings. The Labute approximate surface area is 186 Å². The third kappa shape index (κ3) is 4.59. The van der Waals surface area contributed by atoms with E-state index in [-0.39, 0.29) is 28.0 Å². The maximum absolute atomic E-state index is 13.0. The first-order valence-corrected chi connectivity index (χ1v) is 9.54. The Bertz CT molecular complexity index is 1390. The molecule has 4 aromatic heterocycles. The standard InChI is InChI=1S/C21H13F6N5O2/c22-20(23,24)12-3-4-14(29-8-12)15-6-13-18(17(31-15)11-2-1-5-28-7-11)30-10-32(19(13)34)9-16(33)21(25,26)27/h1-8,10,16,33H,9H2/t16-/m1/s1. The maximum atomic E-state index is 13.0. The molecule has 0 fully saturated rings. The molecular formula is C21H13F6N5O2. The molecule has 1 atom stereocenters. The van der Waals surface area contributed by atoms with Crippen LogP contribution in [0.4, 0.5) is 26.3 Å². The molecule has 0 aromatic carbocycles. The van der Waals surface area contributed by atoms with Crippen LogP contribution in [0, 0.1) is 0 Å². The van der Waals surface area contributed by atoms with Crippen molar-refractivity contribution in [3.8, 4) is 22.6 Å². The lowest BCUT2D eigenvalue weighted by atomic mass is 10.1. The van der Waals surface area contributed by atoms with Crippen LogP contribution in [0.25, 0.3) is 33.5 Å². The van der Waals surface area contributed by atoms with E-state index in [1.807, 2.05) is 0 Å². The minimum absolute atomic E-state index is 0.00639. The molecule has 0 aliphatic rings. The average molecular weight is 481 g/mol. The van der Waals surface area contributed by atoms with Gasteiger partial charge in [0, 0.05) is 24.2 Å². The van der Waals surface area contributed by atoms with Crippen molar-refractivity contribution in [1.82, 2.24) is 24.5 Å². The first-order chi connectivity index (χ1) is 15.9. The van der Waals surface area contributed by atoms with Crippen LogP contribution in [0.2, 0.25) is 0 Å². The smallest absolute Gasteiger partial charge is 0.382 e. The summed E-state index contributed by atoms with van der Waals surface area (Å²) in [6.07, 6.45) is -8.02. The molecule has 13 heteroatoms. The predicted molar refractivity (Wildman–Crippen MR) is 107 cm³/mol. The van der Waals surface area contributed by atoms with E-state index in [0.29, 0.717) is 16.3 Å². The summed E-state index contributed by atoms with van der Waals surface area (Å²) in [6.45, 7) is -1.09. The lowest BCUT2D eigenvalue weighted by molar-refractivity contribution is -0.207. The van der Waals surface area contributed by atoms with Gasteiger partial charge < -0.3 is 5.11 Å². The van der Waals surface area contributed by atoms with Crippen LogP contribution in [0.15, 0.2) is 60.0 Å². The summed E-state index contributed by atoms with van der Waals surface area (Å²) < 4.78 is 77.6. The number of alkyl halides is 6. The molecule has 0 saturated carbocycles. The Morgan fingerprint density at radius 2 is 1.76 bits per heavy atom. The predicted octanol–water partition coefficient (Wildman–Crippen LogP) is 3.86. The van der Waals surface area contributed by atoms with Crippen LogP contribution in [0.3, 0.4) is 0 Å². The van der Waals surface area contributed by atoms with Crippen molar-refractivity contribution in [2.45, 2.75) is 25.0 Å². The minimum Gasteiger partial charge on any atom is -0.382 e. The van der Waals surface area contributed by atoms with E-state index in [1.54, 1.807) is 12.1 Å². The van der Waals surface area contributed by atoms with Gasteiger partial charge in [0.15, 0.2) is 6.10 Å². The average Bonchev–Trinajstić information content (AvgIpc) is 2.80. The van der Waals surface area contributed by atoms with Gasteiger partial charge in [-0.05, 0) is 30.3 Å². The van der Waals surface area contributed by atoms with Gasteiger partial charge in [0.1, 0.15) is 5.52 Å². The van der Waals surface area contributed by atoms with Crippen molar-refractivity contribution in [3.63, 3.8) is 0 Å². The Morgan fingerprint density at radius 3 is 2.35 bits per heavy atom. The number of pyridine rings is 3. The van der Waals surface area contributed by atoms with Crippen molar-refractivity contribution in [2.75, 3.05) is 0 Å². The zero-order valence-corrected chi connectivity index (χ0v) is 16.8. The SMILES string of the molecule is O=c1c2cc(-c3ccc(C(F)(F)F)cn3)nc(-c3cccnc3)c2ncn1C[C@@H](O)C(F)(F)F. The number of nitrogens with zero attached hydrogens (tertiary/aromatic N) is 5. The minimum atomic E-state index is -4.96. The van der Waals surface area contributed by atoms with Crippen LogP contribution < -0.4 is 5.56 Å². The van der Waals surface area contributed by atoms with E-state index in [2.05, 4.69) is 19.9 Å². The second kappa shape index (κ2) is 8.48. The number of aliphatic hydroxyl groups is 1. The van der Waals surface area contributed by atoms with Crippen LogP contribution in [0.5, 0.6) is 0 Å². The number of hydrogen-bond acceptors (Lipinski definition) is 6. The number of hydrogen-bond donors (Lipinski definition) is 1. The molecular weight excluding hydrogens is 468 g/mol. The highest BCUT2D eigenvalue weighted by Gasteiger charge is 2.38. The second-order valence-corrected chi connectivity index (χ2v) is 7.18. The van der Waals surface area contributed by atoms with Gasteiger partial charge in [0.05, 0.1) is 40.9 Å². The maximum Gasteiger partial charge on any atom is 0.417 e. The highest BCUT2D eigenvalue weighted by atomic mass is 19.4. The highest BCUT2D eigenvalue weighted by molar-refractivity contribution is 5.93. The molecule has 0 unspecified atom stereocenters. The van der Waals surface area contributed by atoms with Crippen molar-refractivity contribution < 1.29 is 31.4 Å². The van der Waals surface area contributed by atoms with Gasteiger partial charge in [0.25, 0.3) is 5.56 Å². The fourth-order valence-electron chi connectivity index (χ4n) is 3.13. The quantitative estimate of drug-likeness (QED) is 0.445. The fourth-order valence-corrected chi connectivity index (χ4v) is 3.13. The molecule has 0 aliphatic heterocycles. The van der Waals surface area contributed by atoms with E-state index >= 15 is 0 Å². The Morgan fingerprint density at radius 1 is 1.00 bits per heavy atom.